The molecule has 6 heteroatoms. The number of hydrogen-bond acceptors (Lipinski definition) is 5. The van der Waals surface area contributed by atoms with Crippen LogP contribution in [0.4, 0.5) is 0 Å². The lowest BCUT2D eigenvalue weighted by molar-refractivity contribution is -0.122. The maximum atomic E-state index is 13.3. The average molecular weight is 473 g/mol. The fraction of sp³-hybridized carbons (Fsp3) is 0.304. The molecule has 0 bridgehead atoms. The van der Waals surface area contributed by atoms with E-state index in [0.717, 1.165) is 20.1 Å². The van der Waals surface area contributed by atoms with Crippen LogP contribution in [0, 0.1) is 0 Å². The molecule has 0 saturated heterocycles. The minimum absolute atomic E-state index is 0.134. The Labute approximate surface area is 181 Å². The van der Waals surface area contributed by atoms with Crippen molar-refractivity contribution in [1.29, 1.82) is 0 Å². The van der Waals surface area contributed by atoms with Gasteiger partial charge in [-0.25, -0.2) is 0 Å². The minimum Gasteiger partial charge on any atom is -0.507 e. The smallest absolute Gasteiger partial charge is 0.196 e. The van der Waals surface area contributed by atoms with Crippen LogP contribution in [0.3, 0.4) is 0 Å². The highest BCUT2D eigenvalue weighted by Crippen LogP contribution is 2.45. The highest BCUT2D eigenvalue weighted by molar-refractivity contribution is 9.10. The monoisotopic (exact) mass is 472 g/mol. The summed E-state index contributed by atoms with van der Waals surface area (Å²) >= 11 is 5.07. The number of ketones is 1. The van der Waals surface area contributed by atoms with Crippen molar-refractivity contribution in [1.82, 2.24) is 0 Å². The van der Waals surface area contributed by atoms with Crippen molar-refractivity contribution in [3.05, 3.63) is 61.2 Å². The summed E-state index contributed by atoms with van der Waals surface area (Å²) < 4.78 is 8.29. The SMILES string of the molecule is CCC1=C(O)c2c(oc(-c3csc4ccc(Br)cc34)cc2=O)C(CC)(CC)C1=O. The summed E-state index contributed by atoms with van der Waals surface area (Å²) in [4.78, 5) is 26.4. The summed E-state index contributed by atoms with van der Waals surface area (Å²) in [5, 5.41) is 13.7. The highest BCUT2D eigenvalue weighted by atomic mass is 79.9. The topological polar surface area (TPSA) is 67.5 Å². The van der Waals surface area contributed by atoms with E-state index in [4.69, 9.17) is 4.42 Å². The predicted molar refractivity (Wildman–Crippen MR) is 121 cm³/mol. The summed E-state index contributed by atoms with van der Waals surface area (Å²) in [6.07, 6.45) is 1.36. The van der Waals surface area contributed by atoms with E-state index < -0.39 is 5.41 Å². The standard InChI is InChI=1S/C23H21BrO4S/c1-4-13-20(26)19-16(25)10-17(28-22(19)23(5-2,6-3)21(13)27)15-11-29-18-8-7-12(24)9-14(15)18/h7-11,26H,4-6H2,1-3H3. The zero-order valence-corrected chi connectivity index (χ0v) is 18.9. The Morgan fingerprint density at radius 3 is 2.52 bits per heavy atom. The molecule has 1 aliphatic carbocycles. The third kappa shape index (κ3) is 2.84. The first-order valence-corrected chi connectivity index (χ1v) is 11.4. The van der Waals surface area contributed by atoms with E-state index in [2.05, 4.69) is 15.9 Å². The second-order valence-corrected chi connectivity index (χ2v) is 9.09. The number of halogens is 1. The van der Waals surface area contributed by atoms with Gasteiger partial charge in [0.2, 0.25) is 0 Å². The van der Waals surface area contributed by atoms with Crippen molar-refractivity contribution in [3.8, 4) is 11.3 Å². The number of fused-ring (bicyclic) bond motifs is 2. The molecule has 0 atom stereocenters. The van der Waals surface area contributed by atoms with Gasteiger partial charge < -0.3 is 9.52 Å². The molecule has 0 amide bonds. The molecule has 1 aliphatic rings. The number of Topliss-reactive ketones (excluding diaryl/α,β-unsaturated/α-hetero) is 1. The number of rotatable bonds is 4. The van der Waals surface area contributed by atoms with Crippen molar-refractivity contribution >= 4 is 48.9 Å². The Kier molecular flexibility index (Phi) is 5.03. The first-order chi connectivity index (χ1) is 13.9. The Balaban J connectivity index is 2.06. The van der Waals surface area contributed by atoms with Crippen LogP contribution in [-0.2, 0) is 10.2 Å². The number of aliphatic hydroxyl groups excluding tert-OH is 1. The molecule has 2 aromatic heterocycles. The van der Waals surface area contributed by atoms with Gasteiger partial charge in [-0.15, -0.1) is 11.3 Å². The van der Waals surface area contributed by atoms with E-state index in [1.54, 1.807) is 11.3 Å². The second-order valence-electron chi connectivity index (χ2n) is 7.27. The molecule has 4 rings (SSSR count). The molecule has 1 N–H and O–H groups in total. The summed E-state index contributed by atoms with van der Waals surface area (Å²) in [6, 6.07) is 7.40. The van der Waals surface area contributed by atoms with Gasteiger partial charge in [0.15, 0.2) is 11.2 Å². The van der Waals surface area contributed by atoms with Crippen LogP contribution < -0.4 is 5.43 Å². The lowest BCUT2D eigenvalue weighted by Crippen LogP contribution is -2.41. The van der Waals surface area contributed by atoms with Crippen molar-refractivity contribution < 1.29 is 14.3 Å². The lowest BCUT2D eigenvalue weighted by Gasteiger charge is -2.35. The van der Waals surface area contributed by atoms with Crippen molar-refractivity contribution in [2.24, 2.45) is 0 Å². The molecule has 0 unspecified atom stereocenters. The number of carbonyl (C=O) groups excluding carboxylic acids is 1. The van der Waals surface area contributed by atoms with Crippen LogP contribution in [0.25, 0.3) is 27.2 Å². The van der Waals surface area contributed by atoms with Crippen molar-refractivity contribution in [3.63, 3.8) is 0 Å². The Morgan fingerprint density at radius 1 is 1.14 bits per heavy atom. The van der Waals surface area contributed by atoms with Gasteiger partial charge in [-0.2, -0.15) is 0 Å². The molecule has 0 fully saturated rings. The van der Waals surface area contributed by atoms with Gasteiger partial charge in [-0.1, -0.05) is 36.7 Å². The molecule has 3 aromatic rings. The van der Waals surface area contributed by atoms with Crippen LogP contribution in [0.15, 0.2) is 48.9 Å². The molecule has 0 radical (unpaired) electrons. The van der Waals surface area contributed by atoms with E-state index in [0.29, 0.717) is 36.4 Å². The first-order valence-electron chi connectivity index (χ1n) is 9.70. The van der Waals surface area contributed by atoms with E-state index in [9.17, 15) is 14.7 Å². The molecule has 150 valence electrons. The molecular formula is C23H21BrO4S. The normalized spacial score (nSPS) is 15.8. The van der Waals surface area contributed by atoms with Crippen LogP contribution in [0.1, 0.15) is 51.4 Å². The van der Waals surface area contributed by atoms with Crippen molar-refractivity contribution in [2.45, 2.75) is 45.4 Å². The summed E-state index contributed by atoms with van der Waals surface area (Å²) in [5.74, 6) is 0.334. The third-order valence-corrected chi connectivity index (χ3v) is 7.43. The maximum Gasteiger partial charge on any atom is 0.196 e. The number of allylic oxidation sites excluding steroid dienone is 1. The second kappa shape index (κ2) is 7.26. The predicted octanol–water partition coefficient (Wildman–Crippen LogP) is 6.60. The van der Waals surface area contributed by atoms with Gasteiger partial charge in [0.1, 0.15) is 22.8 Å². The summed E-state index contributed by atoms with van der Waals surface area (Å²) in [5.41, 5.74) is -0.00259. The van der Waals surface area contributed by atoms with Gasteiger partial charge in [-0.05, 0) is 37.5 Å². The molecule has 4 nitrogen and oxygen atoms in total. The molecular weight excluding hydrogens is 452 g/mol. The number of hydrogen-bond donors (Lipinski definition) is 1. The maximum absolute atomic E-state index is 13.3. The number of carbonyl (C=O) groups is 1. The van der Waals surface area contributed by atoms with E-state index in [1.807, 2.05) is 44.4 Å². The molecule has 0 aliphatic heterocycles. The van der Waals surface area contributed by atoms with E-state index >= 15 is 0 Å². The van der Waals surface area contributed by atoms with Crippen molar-refractivity contribution in [2.75, 3.05) is 0 Å². The zero-order valence-electron chi connectivity index (χ0n) is 16.5. The largest absolute Gasteiger partial charge is 0.507 e. The summed E-state index contributed by atoms with van der Waals surface area (Å²) in [6.45, 7) is 5.66. The molecule has 0 saturated carbocycles. The fourth-order valence-corrected chi connectivity index (χ4v) is 5.54. The van der Waals surface area contributed by atoms with Crippen LogP contribution >= 0.6 is 27.3 Å². The number of benzene rings is 1. The molecule has 0 spiro atoms. The van der Waals surface area contributed by atoms with Gasteiger partial charge in [0.05, 0.1) is 5.41 Å². The Bertz CT molecular complexity index is 1230. The minimum atomic E-state index is -0.936. The van der Waals surface area contributed by atoms with Crippen LogP contribution in [0.2, 0.25) is 0 Å². The van der Waals surface area contributed by atoms with Gasteiger partial charge >= 0.3 is 0 Å². The molecule has 29 heavy (non-hydrogen) atoms. The van der Waals surface area contributed by atoms with Gasteiger partial charge in [0, 0.05) is 37.1 Å². The first kappa shape index (κ1) is 20.1. The van der Waals surface area contributed by atoms with E-state index in [-0.39, 0.29) is 22.5 Å². The quantitative estimate of drug-likeness (QED) is 0.464. The van der Waals surface area contributed by atoms with Crippen LogP contribution in [0.5, 0.6) is 0 Å². The Morgan fingerprint density at radius 2 is 1.86 bits per heavy atom. The van der Waals surface area contributed by atoms with Crippen LogP contribution in [-0.4, -0.2) is 10.9 Å². The zero-order chi connectivity index (χ0) is 20.9. The molecule has 1 aromatic carbocycles. The van der Waals surface area contributed by atoms with Gasteiger partial charge in [0.25, 0.3) is 0 Å². The average Bonchev–Trinajstić information content (AvgIpc) is 3.12. The highest BCUT2D eigenvalue weighted by Gasteiger charge is 2.48. The Hall–Kier alpha value is -2.18. The fourth-order valence-electron chi connectivity index (χ4n) is 4.25. The van der Waals surface area contributed by atoms with Gasteiger partial charge in [-0.3, -0.25) is 9.59 Å². The molecule has 2 heterocycles. The summed E-state index contributed by atoms with van der Waals surface area (Å²) in [7, 11) is 0. The number of thiophene rings is 1. The van der Waals surface area contributed by atoms with E-state index in [1.165, 1.54) is 6.07 Å². The lowest BCUT2D eigenvalue weighted by atomic mass is 9.68. The third-order valence-electron chi connectivity index (χ3n) is 5.98. The number of aliphatic hydroxyl groups is 1.